The molecule has 0 bridgehead atoms. The van der Waals surface area contributed by atoms with E-state index in [2.05, 4.69) is 49.1 Å². The predicted octanol–water partition coefficient (Wildman–Crippen LogP) is 9.47. The molecule has 0 atom stereocenters. The number of rotatable bonds is 3. The Morgan fingerprint density at radius 2 is 0.684 bits per heavy atom. The van der Waals surface area contributed by atoms with Crippen molar-refractivity contribution in [2.24, 2.45) is 14.1 Å². The van der Waals surface area contributed by atoms with E-state index in [1.54, 1.807) is 14.2 Å². The average molecular weight is 614 g/mol. The van der Waals surface area contributed by atoms with Gasteiger partial charge < -0.3 is 9.47 Å². The monoisotopic (exact) mass is 614 g/mol. The van der Waals surface area contributed by atoms with E-state index in [1.807, 2.05) is 47.5 Å². The van der Waals surface area contributed by atoms with Crippen molar-refractivity contribution in [3.63, 3.8) is 0 Å². The molecule has 220 valence electrons. The van der Waals surface area contributed by atoms with E-state index in [9.17, 15) is 50.4 Å². The third-order valence-corrected chi connectivity index (χ3v) is 3.58. The molecule has 0 N–H and O–H groups in total. The van der Waals surface area contributed by atoms with Gasteiger partial charge in [0.25, 0.3) is 0 Å². The third-order valence-electron chi connectivity index (χ3n) is 3.58. The summed E-state index contributed by atoms with van der Waals surface area (Å²) in [6.07, 6.45) is 8.23. The Balaban J connectivity index is 0.000000507. The summed E-state index contributed by atoms with van der Waals surface area (Å²) < 4.78 is 132. The zero-order chi connectivity index (χ0) is 30.2. The Hall–Kier alpha value is -2.86. The number of para-hydroxylation sites is 2. The number of nitrogens with zero attached hydrogens (tertiary/aromatic N) is 2. The van der Waals surface area contributed by atoms with Crippen LogP contribution in [0.25, 0.3) is 11.1 Å². The molecule has 1 aromatic carbocycles. The second-order valence-corrected chi connectivity index (χ2v) is 11.1. The first-order valence-corrected chi connectivity index (χ1v) is 13.8. The summed E-state index contributed by atoms with van der Waals surface area (Å²) in [5, 5.41) is 0. The van der Waals surface area contributed by atoms with Crippen LogP contribution in [0.2, 0.25) is 0 Å². The maximum atomic E-state index is 9.87. The van der Waals surface area contributed by atoms with E-state index in [0.29, 0.717) is 0 Å². The molecule has 0 fully saturated rings. The van der Waals surface area contributed by atoms with Gasteiger partial charge in [0.15, 0.2) is 36.3 Å². The molecule has 0 amide bonds. The summed E-state index contributed by atoms with van der Waals surface area (Å²) in [6.45, 7) is 0. The number of hydrogen-bond acceptors (Lipinski definition) is 2. The van der Waals surface area contributed by atoms with Crippen LogP contribution < -0.4 is 18.6 Å². The molecule has 18 heteroatoms. The quantitative estimate of drug-likeness (QED) is 0.167. The summed E-state index contributed by atoms with van der Waals surface area (Å²) in [6, 6.07) is 16.0. The van der Waals surface area contributed by atoms with Crippen LogP contribution in [0.5, 0.6) is 11.5 Å². The summed E-state index contributed by atoms with van der Waals surface area (Å²) in [4.78, 5) is 0. The van der Waals surface area contributed by atoms with Gasteiger partial charge in [0.2, 0.25) is 0 Å². The van der Waals surface area contributed by atoms with Crippen molar-refractivity contribution in [2.45, 2.75) is 0 Å². The van der Waals surface area contributed by atoms with Crippen LogP contribution in [-0.4, -0.2) is 14.2 Å². The van der Waals surface area contributed by atoms with Crippen molar-refractivity contribution in [2.75, 3.05) is 14.2 Å². The predicted molar refractivity (Wildman–Crippen MR) is 121 cm³/mol. The number of halogens is 12. The van der Waals surface area contributed by atoms with Gasteiger partial charge in [0.05, 0.1) is 14.2 Å². The molecule has 2 aromatic heterocycles. The Morgan fingerprint density at radius 3 is 0.868 bits per heavy atom. The van der Waals surface area contributed by atoms with Crippen molar-refractivity contribution >= 4 is 15.6 Å². The summed E-state index contributed by atoms with van der Waals surface area (Å²) in [5.41, 5.74) is 2.51. The van der Waals surface area contributed by atoms with Gasteiger partial charge in [-0.3, -0.25) is 0 Å². The van der Waals surface area contributed by atoms with Crippen molar-refractivity contribution in [1.29, 1.82) is 0 Å². The molecular weight excluding hydrogens is 590 g/mol. The van der Waals surface area contributed by atoms with Gasteiger partial charge in [-0.1, -0.05) is 12.1 Å². The number of benzene rings is 1. The molecule has 38 heavy (non-hydrogen) atoms. The SMILES string of the molecule is COc1ccccc1OC.C[n+]1ccc(-c2cc[n+](C)cc2)cc1.F[P-](F)(F)(F)(F)F.F[P-](F)(F)(F)(F)F. The number of aryl methyl sites for hydroxylation is 2. The molecule has 0 radical (unpaired) electrons. The van der Waals surface area contributed by atoms with E-state index in [1.165, 1.54) is 11.1 Å². The summed E-state index contributed by atoms with van der Waals surface area (Å²) in [5.74, 6) is 1.54. The second kappa shape index (κ2) is 10.7. The molecule has 2 heterocycles. The number of pyridine rings is 2. The van der Waals surface area contributed by atoms with E-state index in [0.717, 1.165) is 11.5 Å². The Bertz CT molecular complexity index is 1050. The van der Waals surface area contributed by atoms with Crippen LogP contribution in [0.3, 0.4) is 0 Å². The van der Waals surface area contributed by atoms with Gasteiger partial charge >= 0.3 is 66.0 Å². The minimum absolute atomic E-state index is 0.769. The topological polar surface area (TPSA) is 26.2 Å². The van der Waals surface area contributed by atoms with Crippen LogP contribution in [-0.2, 0) is 14.1 Å². The Labute approximate surface area is 209 Å². The number of ether oxygens (including phenoxy) is 2. The van der Waals surface area contributed by atoms with Crippen LogP contribution in [0.4, 0.5) is 50.4 Å². The molecule has 0 unspecified atom stereocenters. The first kappa shape index (κ1) is 35.1. The van der Waals surface area contributed by atoms with Crippen LogP contribution in [0, 0.1) is 0 Å². The third kappa shape index (κ3) is 26.2. The molecule has 0 aliphatic heterocycles. The number of methoxy groups -OCH3 is 2. The summed E-state index contributed by atoms with van der Waals surface area (Å²) >= 11 is 0. The Kier molecular flexibility index (Phi) is 9.91. The normalized spacial score (nSPS) is 14.6. The zero-order valence-electron chi connectivity index (χ0n) is 20.1. The molecule has 4 nitrogen and oxygen atoms in total. The molecule has 3 rings (SSSR count). The van der Waals surface area contributed by atoms with Crippen molar-refractivity contribution in [3.8, 4) is 22.6 Å². The minimum atomic E-state index is -10.7. The van der Waals surface area contributed by atoms with Gasteiger partial charge in [0.1, 0.15) is 14.1 Å². The van der Waals surface area contributed by atoms with Gasteiger partial charge in [-0.15, -0.1) is 0 Å². The van der Waals surface area contributed by atoms with E-state index in [-0.39, 0.29) is 0 Å². The fourth-order valence-electron chi connectivity index (χ4n) is 2.17. The van der Waals surface area contributed by atoms with Crippen LogP contribution >= 0.6 is 15.6 Å². The summed E-state index contributed by atoms with van der Waals surface area (Å²) in [7, 11) is -14.0. The standard InChI is InChI=1S/C12H14N2.C8H10O2.2F6P/c1-13-7-3-11(4-8-13)12-5-9-14(2)10-6-12;1-9-7-5-3-4-6-8(7)10-2;2*1-7(2,3,4,5)6/h3-10H,1-2H3;3-6H,1-2H3;;/q+2;;2*-1. The van der Waals surface area contributed by atoms with Gasteiger partial charge in [-0.05, 0) is 23.3 Å². The maximum absolute atomic E-state index is 10.7. The number of hydrogen-bond donors (Lipinski definition) is 0. The fraction of sp³-hybridized carbons (Fsp3) is 0.200. The molecule has 0 saturated heterocycles. The van der Waals surface area contributed by atoms with E-state index < -0.39 is 15.6 Å². The van der Waals surface area contributed by atoms with Crippen LogP contribution in [0.1, 0.15) is 0 Å². The first-order valence-electron chi connectivity index (χ1n) is 9.75. The Morgan fingerprint density at radius 1 is 0.474 bits per heavy atom. The van der Waals surface area contributed by atoms with E-state index in [4.69, 9.17) is 9.47 Å². The number of aromatic nitrogens is 2. The fourth-order valence-corrected chi connectivity index (χ4v) is 2.17. The van der Waals surface area contributed by atoms with E-state index >= 15 is 0 Å². The van der Waals surface area contributed by atoms with Gasteiger partial charge in [0, 0.05) is 24.3 Å². The molecule has 0 aliphatic carbocycles. The first-order chi connectivity index (χ1) is 16.5. The van der Waals surface area contributed by atoms with Gasteiger partial charge in [-0.25, -0.2) is 9.13 Å². The molecule has 0 aliphatic rings. The molecule has 3 aromatic rings. The zero-order valence-corrected chi connectivity index (χ0v) is 21.9. The van der Waals surface area contributed by atoms with Gasteiger partial charge in [-0.2, -0.15) is 0 Å². The van der Waals surface area contributed by atoms with Crippen LogP contribution in [0.15, 0.2) is 73.3 Å². The second-order valence-electron chi connectivity index (χ2n) is 7.28. The van der Waals surface area contributed by atoms with Crippen molar-refractivity contribution in [1.82, 2.24) is 0 Å². The molecular formula is C20H24F12N2O2P2. The average Bonchev–Trinajstić information content (AvgIpc) is 2.71. The molecule has 0 spiro atoms. The van der Waals surface area contributed by atoms with Crippen molar-refractivity contribution < 1.29 is 69.0 Å². The molecule has 0 saturated carbocycles. The van der Waals surface area contributed by atoms with Crippen molar-refractivity contribution in [3.05, 3.63) is 73.3 Å².